The second-order valence-electron chi connectivity index (χ2n) is 6.83. The maximum absolute atomic E-state index is 13.6. The smallest absolute Gasteiger partial charge is 0.125 e. The molecule has 0 amide bonds. The molecule has 0 N–H and O–H groups in total. The molecule has 2 fully saturated rings. The van der Waals surface area contributed by atoms with Gasteiger partial charge in [-0.2, -0.15) is 0 Å². The molecule has 2 aromatic rings. The summed E-state index contributed by atoms with van der Waals surface area (Å²) in [4.78, 5) is 4.65. The topological polar surface area (TPSA) is 28.9 Å². The summed E-state index contributed by atoms with van der Waals surface area (Å²) in [6, 6.07) is 10.8. The monoisotopic (exact) mass is 330 g/mol. The van der Waals surface area contributed by atoms with Crippen LogP contribution in [-0.4, -0.2) is 43.3 Å². The van der Waals surface area contributed by atoms with E-state index in [9.17, 15) is 4.39 Å². The third-order valence-corrected chi connectivity index (χ3v) is 5.00. The number of furan rings is 1. The molecule has 1 aromatic heterocycles. The normalized spacial score (nSPS) is 25.3. The van der Waals surface area contributed by atoms with E-state index < -0.39 is 0 Å². The summed E-state index contributed by atoms with van der Waals surface area (Å²) in [5, 5.41) is 0. The van der Waals surface area contributed by atoms with Crippen LogP contribution in [0.3, 0.4) is 0 Å². The summed E-state index contributed by atoms with van der Waals surface area (Å²) in [6.45, 7) is 5.12. The summed E-state index contributed by atoms with van der Waals surface area (Å²) >= 11 is 0. The van der Waals surface area contributed by atoms with Gasteiger partial charge in [-0.25, -0.2) is 4.39 Å². The van der Waals surface area contributed by atoms with E-state index in [1.807, 2.05) is 18.2 Å². The maximum atomic E-state index is 13.6. The zero-order valence-electron chi connectivity index (χ0n) is 13.8. The molecule has 3 heterocycles. The molecular weight excluding hydrogens is 307 g/mol. The van der Waals surface area contributed by atoms with E-state index in [1.54, 1.807) is 18.4 Å². The molecule has 4 rings (SSSR count). The number of rotatable bonds is 3. The molecule has 0 bridgehead atoms. The van der Waals surface area contributed by atoms with Crippen LogP contribution in [0.25, 0.3) is 0 Å². The quantitative estimate of drug-likeness (QED) is 0.863. The number of halogens is 1. The lowest BCUT2D eigenvalue weighted by Gasteiger charge is -2.48. The average molecular weight is 330 g/mol. The van der Waals surface area contributed by atoms with Crippen molar-refractivity contribution in [1.29, 1.82) is 0 Å². The van der Waals surface area contributed by atoms with Gasteiger partial charge in [0.1, 0.15) is 11.6 Å². The predicted octanol–water partition coefficient (Wildman–Crippen LogP) is 3.29. The Morgan fingerprint density at radius 1 is 1.12 bits per heavy atom. The van der Waals surface area contributed by atoms with Gasteiger partial charge >= 0.3 is 0 Å². The van der Waals surface area contributed by atoms with Crippen LogP contribution >= 0.6 is 0 Å². The highest BCUT2D eigenvalue weighted by Crippen LogP contribution is 2.32. The van der Waals surface area contributed by atoms with Crippen LogP contribution in [0.4, 0.5) is 10.1 Å². The summed E-state index contributed by atoms with van der Waals surface area (Å²) in [5.41, 5.74) is 0.774. The van der Waals surface area contributed by atoms with Crippen molar-refractivity contribution in [3.63, 3.8) is 0 Å². The maximum Gasteiger partial charge on any atom is 0.125 e. The molecule has 0 saturated carbocycles. The standard InChI is InChI=1S/C19H23FN2O2/c20-16-4-1-5-17(12-16)22-8-3-7-19(15-22)14-21(9-11-24-19)13-18-6-2-10-23-18/h1-2,4-6,10,12H,3,7-9,11,13-15H2/t19-/m0/s1. The highest BCUT2D eigenvalue weighted by Gasteiger charge is 2.40. The van der Waals surface area contributed by atoms with Crippen molar-refractivity contribution in [2.24, 2.45) is 0 Å². The van der Waals surface area contributed by atoms with Crippen molar-refractivity contribution in [1.82, 2.24) is 4.90 Å². The molecule has 5 heteroatoms. The predicted molar refractivity (Wildman–Crippen MR) is 90.5 cm³/mol. The second kappa shape index (κ2) is 6.57. The van der Waals surface area contributed by atoms with E-state index in [0.717, 1.165) is 63.6 Å². The molecule has 2 aliphatic rings. The molecule has 128 valence electrons. The van der Waals surface area contributed by atoms with E-state index in [0.29, 0.717) is 0 Å². The number of morpholine rings is 1. The van der Waals surface area contributed by atoms with E-state index in [-0.39, 0.29) is 11.4 Å². The first-order valence-corrected chi connectivity index (χ1v) is 8.62. The van der Waals surface area contributed by atoms with Crippen LogP contribution in [0.2, 0.25) is 0 Å². The molecule has 1 atom stereocenters. The lowest BCUT2D eigenvalue weighted by atomic mass is 9.90. The molecular formula is C19H23FN2O2. The number of anilines is 1. The fraction of sp³-hybridized carbons (Fsp3) is 0.474. The van der Waals surface area contributed by atoms with E-state index in [4.69, 9.17) is 9.15 Å². The minimum Gasteiger partial charge on any atom is -0.468 e. The van der Waals surface area contributed by atoms with Gasteiger partial charge in [0.2, 0.25) is 0 Å². The van der Waals surface area contributed by atoms with E-state index in [1.165, 1.54) is 6.07 Å². The molecule has 0 radical (unpaired) electrons. The molecule has 2 aliphatic heterocycles. The summed E-state index contributed by atoms with van der Waals surface area (Å²) in [6.07, 6.45) is 3.83. The number of piperidine rings is 1. The third-order valence-electron chi connectivity index (χ3n) is 5.00. The van der Waals surface area contributed by atoms with Gasteiger partial charge in [0.05, 0.1) is 25.0 Å². The minimum atomic E-state index is -0.184. The Hall–Kier alpha value is -1.85. The van der Waals surface area contributed by atoms with Crippen molar-refractivity contribution in [3.8, 4) is 0 Å². The second-order valence-corrected chi connectivity index (χ2v) is 6.83. The van der Waals surface area contributed by atoms with E-state index >= 15 is 0 Å². The molecule has 1 spiro atoms. The van der Waals surface area contributed by atoms with Gasteiger partial charge in [-0.15, -0.1) is 0 Å². The summed E-state index contributed by atoms with van der Waals surface area (Å²) < 4.78 is 25.3. The first-order valence-electron chi connectivity index (χ1n) is 8.62. The van der Waals surface area contributed by atoms with Crippen molar-refractivity contribution in [2.45, 2.75) is 25.0 Å². The van der Waals surface area contributed by atoms with Crippen LogP contribution in [-0.2, 0) is 11.3 Å². The average Bonchev–Trinajstić information content (AvgIpc) is 3.08. The van der Waals surface area contributed by atoms with Crippen molar-refractivity contribution >= 4 is 5.69 Å². The van der Waals surface area contributed by atoms with Crippen LogP contribution in [0.1, 0.15) is 18.6 Å². The van der Waals surface area contributed by atoms with Crippen LogP contribution < -0.4 is 4.90 Å². The lowest BCUT2D eigenvalue weighted by Crippen LogP contribution is -2.59. The molecule has 2 saturated heterocycles. The number of hydrogen-bond donors (Lipinski definition) is 0. The molecule has 24 heavy (non-hydrogen) atoms. The Balaban J connectivity index is 1.47. The van der Waals surface area contributed by atoms with E-state index in [2.05, 4.69) is 9.80 Å². The number of benzene rings is 1. The van der Waals surface area contributed by atoms with Gasteiger partial charge in [0.25, 0.3) is 0 Å². The Kier molecular flexibility index (Phi) is 4.29. The summed E-state index contributed by atoms with van der Waals surface area (Å²) in [5.74, 6) is 0.806. The minimum absolute atomic E-state index is 0.171. The summed E-state index contributed by atoms with van der Waals surface area (Å²) in [7, 11) is 0. The Morgan fingerprint density at radius 2 is 2.08 bits per heavy atom. The van der Waals surface area contributed by atoms with Gasteiger partial charge in [-0.3, -0.25) is 4.90 Å². The zero-order valence-corrected chi connectivity index (χ0v) is 13.8. The van der Waals surface area contributed by atoms with Crippen LogP contribution in [0.15, 0.2) is 47.1 Å². The first-order chi connectivity index (χ1) is 11.7. The third kappa shape index (κ3) is 3.32. The Morgan fingerprint density at radius 3 is 2.92 bits per heavy atom. The molecule has 0 aliphatic carbocycles. The molecule has 0 unspecified atom stereocenters. The van der Waals surface area contributed by atoms with Crippen LogP contribution in [0.5, 0.6) is 0 Å². The van der Waals surface area contributed by atoms with Gasteiger partial charge in [0.15, 0.2) is 0 Å². The SMILES string of the molecule is Fc1cccc(N2CCC[C@]3(CN(Cc4ccco4)CCO3)C2)c1. The van der Waals surface area contributed by atoms with Crippen molar-refractivity contribution in [2.75, 3.05) is 37.7 Å². The van der Waals surface area contributed by atoms with Gasteiger partial charge in [-0.1, -0.05) is 6.07 Å². The first kappa shape index (κ1) is 15.7. The Bertz CT molecular complexity index is 672. The fourth-order valence-electron chi connectivity index (χ4n) is 3.92. The largest absolute Gasteiger partial charge is 0.468 e. The number of ether oxygens (including phenoxy) is 1. The van der Waals surface area contributed by atoms with Crippen molar-refractivity contribution < 1.29 is 13.5 Å². The highest BCUT2D eigenvalue weighted by molar-refractivity contribution is 5.47. The Labute approximate surface area is 141 Å². The number of nitrogens with zero attached hydrogens (tertiary/aromatic N) is 2. The van der Waals surface area contributed by atoms with Gasteiger partial charge in [0, 0.05) is 31.9 Å². The number of hydrogen-bond acceptors (Lipinski definition) is 4. The molecule has 4 nitrogen and oxygen atoms in total. The lowest BCUT2D eigenvalue weighted by molar-refractivity contribution is -0.117. The zero-order chi connectivity index (χ0) is 16.4. The van der Waals surface area contributed by atoms with Crippen LogP contribution in [0, 0.1) is 5.82 Å². The van der Waals surface area contributed by atoms with Crippen molar-refractivity contribution in [3.05, 3.63) is 54.2 Å². The highest BCUT2D eigenvalue weighted by atomic mass is 19.1. The van der Waals surface area contributed by atoms with Gasteiger partial charge in [-0.05, 0) is 43.2 Å². The van der Waals surface area contributed by atoms with Gasteiger partial charge < -0.3 is 14.1 Å². The molecule has 1 aromatic carbocycles. The fourth-order valence-corrected chi connectivity index (χ4v) is 3.92.